The van der Waals surface area contributed by atoms with Gasteiger partial charge in [-0.05, 0) is 36.2 Å². The minimum atomic E-state index is -1.32. The average molecular weight is 288 g/mol. The summed E-state index contributed by atoms with van der Waals surface area (Å²) in [6.07, 6.45) is 0.362. The molecule has 4 heteroatoms. The van der Waals surface area contributed by atoms with Crippen LogP contribution in [0.2, 0.25) is 0 Å². The molecule has 3 rings (SSSR count). The van der Waals surface area contributed by atoms with Crippen molar-refractivity contribution in [3.05, 3.63) is 35.9 Å². The zero-order valence-corrected chi connectivity index (χ0v) is 11.8. The highest BCUT2D eigenvalue weighted by Crippen LogP contribution is 2.49. The first-order valence-electron chi connectivity index (χ1n) is 7.52. The maximum absolute atomic E-state index is 11.8. The highest BCUT2D eigenvalue weighted by Gasteiger charge is 2.50. The summed E-state index contributed by atoms with van der Waals surface area (Å²) >= 11 is 0. The van der Waals surface area contributed by atoms with E-state index in [1.807, 2.05) is 30.3 Å². The van der Waals surface area contributed by atoms with Crippen molar-refractivity contribution in [1.82, 2.24) is 0 Å². The number of rotatable bonds is 2. The number of hydrogen-bond acceptors (Lipinski definition) is 4. The number of aldehydes is 1. The predicted molar refractivity (Wildman–Crippen MR) is 76.6 cm³/mol. The molecule has 0 aliphatic heterocycles. The molecule has 0 spiro atoms. The molecule has 2 N–H and O–H groups in total. The minimum Gasteiger partial charge on any atom is -0.390 e. The van der Waals surface area contributed by atoms with E-state index in [0.717, 1.165) is 24.7 Å². The van der Waals surface area contributed by atoms with Crippen LogP contribution in [0.25, 0.3) is 0 Å². The van der Waals surface area contributed by atoms with Gasteiger partial charge in [0.2, 0.25) is 0 Å². The number of carbonyl (C=O) groups excluding carboxylic acids is 2. The van der Waals surface area contributed by atoms with Crippen molar-refractivity contribution in [3.63, 3.8) is 0 Å². The SMILES string of the molecule is O=C[C@@H]1CC[C@H]2CC(=O)[C@H](O)[C@H](O)[C@@H]2[C@H]1c1ccccc1. The van der Waals surface area contributed by atoms with Crippen molar-refractivity contribution in [3.8, 4) is 0 Å². The second kappa shape index (κ2) is 5.70. The average Bonchev–Trinajstić information content (AvgIpc) is 2.52. The van der Waals surface area contributed by atoms with E-state index in [4.69, 9.17) is 0 Å². The Hall–Kier alpha value is -1.52. The zero-order chi connectivity index (χ0) is 15.0. The summed E-state index contributed by atoms with van der Waals surface area (Å²) in [6.45, 7) is 0. The Morgan fingerprint density at radius 1 is 1.10 bits per heavy atom. The number of hydrogen-bond donors (Lipinski definition) is 2. The topological polar surface area (TPSA) is 74.6 Å². The molecule has 0 saturated heterocycles. The van der Waals surface area contributed by atoms with Gasteiger partial charge in [-0.3, -0.25) is 4.79 Å². The maximum Gasteiger partial charge on any atom is 0.164 e. The van der Waals surface area contributed by atoms with Crippen LogP contribution in [0.15, 0.2) is 30.3 Å². The van der Waals surface area contributed by atoms with E-state index >= 15 is 0 Å². The summed E-state index contributed by atoms with van der Waals surface area (Å²) in [5.41, 5.74) is 1.00. The van der Waals surface area contributed by atoms with Crippen LogP contribution in [0.3, 0.4) is 0 Å². The molecule has 2 saturated carbocycles. The monoisotopic (exact) mass is 288 g/mol. The zero-order valence-electron chi connectivity index (χ0n) is 11.8. The van der Waals surface area contributed by atoms with Gasteiger partial charge in [0.1, 0.15) is 12.4 Å². The highest BCUT2D eigenvalue weighted by atomic mass is 16.3. The molecule has 0 amide bonds. The smallest absolute Gasteiger partial charge is 0.164 e. The first-order valence-corrected chi connectivity index (χ1v) is 7.52. The van der Waals surface area contributed by atoms with Crippen LogP contribution < -0.4 is 0 Å². The molecular formula is C17H20O4. The standard InChI is InChI=1S/C17H20O4/c18-9-12-7-6-11-8-13(19)16(20)17(21)15(11)14(12)10-4-2-1-3-5-10/h1-5,9,11-12,14-17,20-21H,6-8H2/t11-,12-,14-,15-,16-,17+/m0/s1. The molecule has 0 heterocycles. The highest BCUT2D eigenvalue weighted by molar-refractivity contribution is 5.84. The fourth-order valence-electron chi connectivity index (χ4n) is 4.16. The summed E-state index contributed by atoms with van der Waals surface area (Å²) in [6, 6.07) is 9.66. The summed E-state index contributed by atoms with van der Waals surface area (Å²) in [7, 11) is 0. The molecule has 0 radical (unpaired) electrons. The van der Waals surface area contributed by atoms with E-state index in [9.17, 15) is 19.8 Å². The molecule has 0 unspecified atom stereocenters. The lowest BCUT2D eigenvalue weighted by Gasteiger charge is -2.47. The third kappa shape index (κ3) is 2.43. The van der Waals surface area contributed by atoms with Gasteiger partial charge in [0.15, 0.2) is 5.78 Å². The van der Waals surface area contributed by atoms with Gasteiger partial charge in [0, 0.05) is 12.3 Å². The number of aliphatic hydroxyl groups is 2. The van der Waals surface area contributed by atoms with Crippen LogP contribution in [0.4, 0.5) is 0 Å². The van der Waals surface area contributed by atoms with Crippen LogP contribution >= 0.6 is 0 Å². The number of fused-ring (bicyclic) bond motifs is 1. The lowest BCUT2D eigenvalue weighted by molar-refractivity contribution is -0.151. The molecule has 6 atom stereocenters. The largest absolute Gasteiger partial charge is 0.390 e. The summed E-state index contributed by atoms with van der Waals surface area (Å²) in [5, 5.41) is 20.3. The predicted octanol–water partition coefficient (Wildman–Crippen LogP) is 1.31. The summed E-state index contributed by atoms with van der Waals surface area (Å²) in [4.78, 5) is 23.2. The van der Waals surface area contributed by atoms with Crippen molar-refractivity contribution >= 4 is 12.1 Å². The number of Topliss-reactive ketones (excluding diaryl/α,β-unsaturated/α-hetero) is 1. The van der Waals surface area contributed by atoms with Crippen LogP contribution in [0.1, 0.15) is 30.7 Å². The molecule has 1 aromatic rings. The molecule has 0 aromatic heterocycles. The summed E-state index contributed by atoms with van der Waals surface area (Å²) < 4.78 is 0. The van der Waals surface area contributed by atoms with Crippen LogP contribution in [0, 0.1) is 17.8 Å². The van der Waals surface area contributed by atoms with Gasteiger partial charge < -0.3 is 15.0 Å². The van der Waals surface area contributed by atoms with Gasteiger partial charge >= 0.3 is 0 Å². The molecule has 2 fully saturated rings. The number of ketones is 1. The number of benzene rings is 1. The van der Waals surface area contributed by atoms with Crippen LogP contribution in [-0.4, -0.2) is 34.5 Å². The molecule has 2 aliphatic rings. The molecule has 4 nitrogen and oxygen atoms in total. The molecule has 1 aromatic carbocycles. The van der Waals surface area contributed by atoms with Gasteiger partial charge in [-0.25, -0.2) is 0 Å². The Morgan fingerprint density at radius 2 is 1.81 bits per heavy atom. The lowest BCUT2D eigenvalue weighted by atomic mass is 9.58. The summed E-state index contributed by atoms with van der Waals surface area (Å²) in [5.74, 6) is -0.745. The number of aliphatic hydroxyl groups excluding tert-OH is 2. The van der Waals surface area contributed by atoms with Crippen LogP contribution in [0.5, 0.6) is 0 Å². The second-order valence-corrected chi connectivity index (χ2v) is 6.26. The maximum atomic E-state index is 11.8. The van der Waals surface area contributed by atoms with Gasteiger partial charge in [-0.1, -0.05) is 30.3 Å². The third-order valence-electron chi connectivity index (χ3n) is 5.16. The molecule has 2 aliphatic carbocycles. The molecule has 0 bridgehead atoms. The quantitative estimate of drug-likeness (QED) is 0.805. The minimum absolute atomic E-state index is 0.0531. The van der Waals surface area contributed by atoms with E-state index < -0.39 is 12.2 Å². The fraction of sp³-hybridized carbons (Fsp3) is 0.529. The van der Waals surface area contributed by atoms with Crippen LogP contribution in [-0.2, 0) is 9.59 Å². The van der Waals surface area contributed by atoms with Crippen molar-refractivity contribution < 1.29 is 19.8 Å². The van der Waals surface area contributed by atoms with E-state index in [1.165, 1.54) is 0 Å². The third-order valence-corrected chi connectivity index (χ3v) is 5.16. The fourth-order valence-corrected chi connectivity index (χ4v) is 4.16. The Morgan fingerprint density at radius 3 is 2.48 bits per heavy atom. The Labute approximate surface area is 123 Å². The molecule has 112 valence electrons. The van der Waals surface area contributed by atoms with Crippen molar-refractivity contribution in [2.45, 2.75) is 37.4 Å². The van der Waals surface area contributed by atoms with Gasteiger partial charge in [0.25, 0.3) is 0 Å². The van der Waals surface area contributed by atoms with E-state index in [2.05, 4.69) is 0 Å². The normalized spacial score (nSPS) is 39.6. The van der Waals surface area contributed by atoms with Crippen molar-refractivity contribution in [2.75, 3.05) is 0 Å². The second-order valence-electron chi connectivity index (χ2n) is 6.26. The lowest BCUT2D eigenvalue weighted by Crippen LogP contribution is -2.53. The Balaban J connectivity index is 2.00. The molecule has 21 heavy (non-hydrogen) atoms. The van der Waals surface area contributed by atoms with Crippen molar-refractivity contribution in [2.24, 2.45) is 17.8 Å². The van der Waals surface area contributed by atoms with E-state index in [1.54, 1.807) is 0 Å². The Bertz CT molecular complexity index is 525. The van der Waals surface area contributed by atoms with Gasteiger partial charge in [0.05, 0.1) is 6.10 Å². The van der Waals surface area contributed by atoms with E-state index in [0.29, 0.717) is 6.42 Å². The van der Waals surface area contributed by atoms with E-state index in [-0.39, 0.29) is 29.5 Å². The number of carbonyl (C=O) groups is 2. The first-order chi connectivity index (χ1) is 10.1. The van der Waals surface area contributed by atoms with Gasteiger partial charge in [-0.2, -0.15) is 0 Å². The van der Waals surface area contributed by atoms with Crippen molar-refractivity contribution in [1.29, 1.82) is 0 Å². The molecular weight excluding hydrogens is 268 g/mol. The van der Waals surface area contributed by atoms with Gasteiger partial charge in [-0.15, -0.1) is 0 Å². The first kappa shape index (κ1) is 14.4. The Kier molecular flexibility index (Phi) is 3.91.